The molecule has 0 saturated heterocycles. The van der Waals surface area contributed by atoms with E-state index in [4.69, 9.17) is 4.74 Å². The Bertz CT molecular complexity index is 453. The van der Waals surface area contributed by atoms with Gasteiger partial charge in [0.25, 0.3) is 0 Å². The minimum atomic E-state index is -0.712. The van der Waals surface area contributed by atoms with Crippen LogP contribution in [0.1, 0.15) is 38.4 Å². The average molecular weight is 277 g/mol. The SMILES string of the molecule is COc1ccc(C(O)C(C)NC(=O)C(C)C2CC2)cc1. The van der Waals surface area contributed by atoms with E-state index in [1.165, 1.54) is 0 Å². The minimum absolute atomic E-state index is 0.0348. The first kappa shape index (κ1) is 14.9. The molecular weight excluding hydrogens is 254 g/mol. The van der Waals surface area contributed by atoms with E-state index >= 15 is 0 Å². The molecule has 2 N–H and O–H groups in total. The molecular formula is C16H23NO3. The predicted molar refractivity (Wildman–Crippen MR) is 77.4 cm³/mol. The lowest BCUT2D eigenvalue weighted by molar-refractivity contribution is -0.126. The van der Waals surface area contributed by atoms with Gasteiger partial charge in [0, 0.05) is 5.92 Å². The minimum Gasteiger partial charge on any atom is -0.497 e. The Hall–Kier alpha value is -1.55. The summed E-state index contributed by atoms with van der Waals surface area (Å²) in [5.74, 6) is 1.36. The number of carbonyl (C=O) groups excluding carboxylic acids is 1. The lowest BCUT2D eigenvalue weighted by Gasteiger charge is -2.22. The highest BCUT2D eigenvalue weighted by Crippen LogP contribution is 2.36. The smallest absolute Gasteiger partial charge is 0.223 e. The molecule has 0 radical (unpaired) electrons. The fraction of sp³-hybridized carbons (Fsp3) is 0.562. The van der Waals surface area contributed by atoms with E-state index in [1.807, 2.05) is 26.0 Å². The van der Waals surface area contributed by atoms with E-state index in [1.54, 1.807) is 19.2 Å². The van der Waals surface area contributed by atoms with Gasteiger partial charge < -0.3 is 15.2 Å². The van der Waals surface area contributed by atoms with Crippen molar-refractivity contribution in [2.24, 2.45) is 11.8 Å². The van der Waals surface area contributed by atoms with Gasteiger partial charge in [-0.3, -0.25) is 4.79 Å². The maximum atomic E-state index is 12.0. The molecule has 1 aliphatic carbocycles. The first-order valence-electron chi connectivity index (χ1n) is 7.15. The molecule has 1 aromatic carbocycles. The summed E-state index contributed by atoms with van der Waals surface area (Å²) in [6, 6.07) is 6.93. The maximum absolute atomic E-state index is 12.0. The number of benzene rings is 1. The second-order valence-electron chi connectivity index (χ2n) is 5.64. The van der Waals surface area contributed by atoms with Gasteiger partial charge in [0.1, 0.15) is 5.75 Å². The number of carbonyl (C=O) groups is 1. The predicted octanol–water partition coefficient (Wildman–Crippen LogP) is 2.28. The molecule has 20 heavy (non-hydrogen) atoms. The van der Waals surface area contributed by atoms with Crippen molar-refractivity contribution in [3.8, 4) is 5.75 Å². The van der Waals surface area contributed by atoms with Crippen molar-refractivity contribution >= 4 is 5.91 Å². The fourth-order valence-corrected chi connectivity index (χ4v) is 2.33. The third-order valence-corrected chi connectivity index (χ3v) is 4.04. The van der Waals surface area contributed by atoms with Crippen molar-refractivity contribution in [2.45, 2.75) is 38.8 Å². The van der Waals surface area contributed by atoms with Crippen molar-refractivity contribution in [3.05, 3.63) is 29.8 Å². The molecule has 0 aromatic heterocycles. The lowest BCUT2D eigenvalue weighted by Crippen LogP contribution is -2.40. The molecule has 1 saturated carbocycles. The van der Waals surface area contributed by atoms with E-state index in [-0.39, 0.29) is 17.9 Å². The molecule has 4 heteroatoms. The maximum Gasteiger partial charge on any atom is 0.223 e. The molecule has 1 fully saturated rings. The molecule has 1 aromatic rings. The van der Waals surface area contributed by atoms with Crippen LogP contribution in [0, 0.1) is 11.8 Å². The number of ether oxygens (including phenoxy) is 1. The Morgan fingerprint density at radius 2 is 1.90 bits per heavy atom. The summed E-state index contributed by atoms with van der Waals surface area (Å²) in [7, 11) is 1.60. The number of hydrogen-bond acceptors (Lipinski definition) is 3. The van der Waals surface area contributed by atoms with Gasteiger partial charge in [-0.15, -0.1) is 0 Å². The molecule has 0 heterocycles. The van der Waals surface area contributed by atoms with Crippen molar-refractivity contribution in [2.75, 3.05) is 7.11 Å². The van der Waals surface area contributed by atoms with Gasteiger partial charge in [-0.25, -0.2) is 0 Å². The third kappa shape index (κ3) is 3.51. The van der Waals surface area contributed by atoms with E-state index in [2.05, 4.69) is 5.32 Å². The molecule has 4 nitrogen and oxygen atoms in total. The number of aliphatic hydroxyl groups is 1. The van der Waals surface area contributed by atoms with Crippen LogP contribution in [0.15, 0.2) is 24.3 Å². The highest BCUT2D eigenvalue weighted by molar-refractivity contribution is 5.79. The molecule has 1 aliphatic rings. The van der Waals surface area contributed by atoms with Crippen LogP contribution in [-0.2, 0) is 4.79 Å². The van der Waals surface area contributed by atoms with Gasteiger partial charge >= 0.3 is 0 Å². The van der Waals surface area contributed by atoms with Crippen LogP contribution in [0.25, 0.3) is 0 Å². The monoisotopic (exact) mass is 277 g/mol. The van der Waals surface area contributed by atoms with Crippen LogP contribution < -0.4 is 10.1 Å². The summed E-state index contributed by atoms with van der Waals surface area (Å²) in [6.45, 7) is 3.78. The third-order valence-electron chi connectivity index (χ3n) is 4.04. The molecule has 1 amide bonds. The Balaban J connectivity index is 1.92. The fourth-order valence-electron chi connectivity index (χ4n) is 2.33. The molecule has 0 spiro atoms. The summed E-state index contributed by atoms with van der Waals surface area (Å²) in [4.78, 5) is 12.0. The van der Waals surface area contributed by atoms with Gasteiger partial charge in [-0.2, -0.15) is 0 Å². The normalized spacial score (nSPS) is 19.0. The summed E-state index contributed by atoms with van der Waals surface area (Å²) < 4.78 is 5.09. The van der Waals surface area contributed by atoms with Crippen molar-refractivity contribution in [3.63, 3.8) is 0 Å². The summed E-state index contributed by atoms with van der Waals surface area (Å²) in [5.41, 5.74) is 0.776. The first-order valence-corrected chi connectivity index (χ1v) is 7.15. The van der Waals surface area contributed by atoms with Crippen LogP contribution in [0.5, 0.6) is 5.75 Å². The topological polar surface area (TPSA) is 58.6 Å². The van der Waals surface area contributed by atoms with Gasteiger partial charge in [-0.05, 0) is 43.4 Å². The van der Waals surface area contributed by atoms with Crippen LogP contribution >= 0.6 is 0 Å². The van der Waals surface area contributed by atoms with Crippen LogP contribution in [0.4, 0.5) is 0 Å². The van der Waals surface area contributed by atoms with Gasteiger partial charge in [0.15, 0.2) is 0 Å². The van der Waals surface area contributed by atoms with E-state index < -0.39 is 6.10 Å². The van der Waals surface area contributed by atoms with Crippen molar-refractivity contribution < 1.29 is 14.6 Å². The number of hydrogen-bond donors (Lipinski definition) is 2. The highest BCUT2D eigenvalue weighted by atomic mass is 16.5. The molecule has 3 atom stereocenters. The zero-order chi connectivity index (χ0) is 14.7. The summed E-state index contributed by atoms with van der Waals surface area (Å²) in [6.07, 6.45) is 1.57. The standard InChI is InChI=1S/C16H23NO3/c1-10(12-4-5-12)16(19)17-11(2)15(18)13-6-8-14(20-3)9-7-13/h6-12,15,18H,4-5H2,1-3H3,(H,17,19). The molecule has 0 bridgehead atoms. The summed E-state index contributed by atoms with van der Waals surface area (Å²) in [5, 5.41) is 13.2. The zero-order valence-electron chi connectivity index (χ0n) is 12.3. The Morgan fingerprint density at radius 3 is 2.40 bits per heavy atom. The Kier molecular flexibility index (Phi) is 4.65. The van der Waals surface area contributed by atoms with Gasteiger partial charge in [0.2, 0.25) is 5.91 Å². The largest absolute Gasteiger partial charge is 0.497 e. The Morgan fingerprint density at radius 1 is 1.30 bits per heavy atom. The van der Waals surface area contributed by atoms with Gasteiger partial charge in [0.05, 0.1) is 19.3 Å². The van der Waals surface area contributed by atoms with E-state index in [9.17, 15) is 9.90 Å². The number of amides is 1. The van der Waals surface area contributed by atoms with Crippen LogP contribution in [-0.4, -0.2) is 24.2 Å². The average Bonchev–Trinajstić information content (AvgIpc) is 3.30. The molecule has 110 valence electrons. The molecule has 3 unspecified atom stereocenters. The zero-order valence-corrected chi connectivity index (χ0v) is 12.3. The van der Waals surface area contributed by atoms with Crippen LogP contribution in [0.3, 0.4) is 0 Å². The molecule has 0 aliphatic heterocycles. The second-order valence-corrected chi connectivity index (χ2v) is 5.64. The van der Waals surface area contributed by atoms with E-state index in [0.29, 0.717) is 5.92 Å². The number of nitrogens with one attached hydrogen (secondary N) is 1. The number of aliphatic hydroxyl groups excluding tert-OH is 1. The van der Waals surface area contributed by atoms with E-state index in [0.717, 1.165) is 24.2 Å². The first-order chi connectivity index (χ1) is 9.52. The highest BCUT2D eigenvalue weighted by Gasteiger charge is 2.33. The quantitative estimate of drug-likeness (QED) is 0.838. The van der Waals surface area contributed by atoms with Crippen molar-refractivity contribution in [1.29, 1.82) is 0 Å². The van der Waals surface area contributed by atoms with Crippen molar-refractivity contribution in [1.82, 2.24) is 5.32 Å². The van der Waals surface area contributed by atoms with Gasteiger partial charge in [-0.1, -0.05) is 19.1 Å². The lowest BCUT2D eigenvalue weighted by atomic mass is 10.0. The summed E-state index contributed by atoms with van der Waals surface area (Å²) >= 11 is 0. The van der Waals surface area contributed by atoms with Crippen LogP contribution in [0.2, 0.25) is 0 Å². The number of rotatable bonds is 6. The second kappa shape index (κ2) is 6.27. The Labute approximate surface area is 120 Å². The molecule has 2 rings (SSSR count). The number of methoxy groups -OCH3 is 1.